The van der Waals surface area contributed by atoms with Crippen LogP contribution in [0.4, 0.5) is 11.6 Å². The zero-order valence-corrected chi connectivity index (χ0v) is 12.4. The topological polar surface area (TPSA) is 63.8 Å². The monoisotopic (exact) mass is 262 g/mol. The molecule has 1 aromatic rings. The minimum atomic E-state index is 0.304. The predicted octanol–water partition coefficient (Wildman–Crippen LogP) is 3.48. The molecule has 0 aliphatic heterocycles. The van der Waals surface area contributed by atoms with Crippen molar-refractivity contribution in [1.29, 1.82) is 0 Å². The van der Waals surface area contributed by atoms with E-state index in [0.717, 1.165) is 29.7 Å². The Hall–Kier alpha value is -1.32. The van der Waals surface area contributed by atoms with Crippen molar-refractivity contribution in [2.75, 3.05) is 17.6 Å². The van der Waals surface area contributed by atoms with Crippen LogP contribution in [-0.2, 0) is 0 Å². The molecular weight excluding hydrogens is 236 g/mol. The van der Waals surface area contributed by atoms with E-state index >= 15 is 0 Å². The maximum Gasteiger partial charge on any atom is 0.135 e. The fourth-order valence-corrected chi connectivity index (χ4v) is 2.61. The smallest absolute Gasteiger partial charge is 0.135 e. The van der Waals surface area contributed by atoms with E-state index in [1.54, 1.807) is 0 Å². The maximum absolute atomic E-state index is 5.98. The normalized spacial score (nSPS) is 16.8. The maximum atomic E-state index is 5.98. The minimum absolute atomic E-state index is 0.304. The molecule has 0 radical (unpaired) electrons. The molecule has 4 heteroatoms. The molecule has 1 aliphatic carbocycles. The molecule has 0 atom stereocenters. The Morgan fingerprint density at radius 1 is 1.21 bits per heavy atom. The van der Waals surface area contributed by atoms with Crippen molar-refractivity contribution in [2.45, 2.75) is 58.8 Å². The van der Waals surface area contributed by atoms with Gasteiger partial charge in [-0.05, 0) is 25.7 Å². The third-order valence-corrected chi connectivity index (χ3v) is 4.00. The van der Waals surface area contributed by atoms with E-state index in [1.807, 2.05) is 6.92 Å². The highest BCUT2D eigenvalue weighted by Gasteiger charge is 2.15. The number of nitrogens with one attached hydrogen (secondary N) is 1. The van der Waals surface area contributed by atoms with Crippen molar-refractivity contribution < 1.29 is 0 Å². The summed E-state index contributed by atoms with van der Waals surface area (Å²) < 4.78 is 0. The standard InChI is InChI=1S/C15H26N4/c1-10(2)14-18-13(16)11(3)15(19-14)17-9-12-7-5-4-6-8-12/h10,12H,4-9H2,1-3H3,(H3,16,17,18,19). The summed E-state index contributed by atoms with van der Waals surface area (Å²) in [5, 5.41) is 3.49. The summed E-state index contributed by atoms with van der Waals surface area (Å²) in [6.07, 6.45) is 6.81. The van der Waals surface area contributed by atoms with Gasteiger partial charge >= 0.3 is 0 Å². The van der Waals surface area contributed by atoms with E-state index in [0.29, 0.717) is 11.7 Å². The molecule has 1 saturated carbocycles. The zero-order valence-electron chi connectivity index (χ0n) is 12.4. The van der Waals surface area contributed by atoms with Crippen LogP contribution in [0.3, 0.4) is 0 Å². The second kappa shape index (κ2) is 6.22. The van der Waals surface area contributed by atoms with Gasteiger partial charge in [0.15, 0.2) is 0 Å². The Bertz CT molecular complexity index is 422. The van der Waals surface area contributed by atoms with Gasteiger partial charge in [0.25, 0.3) is 0 Å². The molecule has 0 aromatic carbocycles. The first-order valence-electron chi connectivity index (χ1n) is 7.45. The van der Waals surface area contributed by atoms with Crippen LogP contribution in [0.15, 0.2) is 0 Å². The molecule has 0 amide bonds. The Kier molecular flexibility index (Phi) is 4.61. The minimum Gasteiger partial charge on any atom is -0.383 e. The SMILES string of the molecule is Cc1c(N)nc(C(C)C)nc1NCC1CCCCC1. The fraction of sp³-hybridized carbons (Fsp3) is 0.733. The number of aromatic nitrogens is 2. The number of rotatable bonds is 4. The van der Waals surface area contributed by atoms with Crippen molar-refractivity contribution in [3.05, 3.63) is 11.4 Å². The summed E-state index contributed by atoms with van der Waals surface area (Å²) in [5.41, 5.74) is 6.95. The van der Waals surface area contributed by atoms with Crippen LogP contribution in [0.5, 0.6) is 0 Å². The highest BCUT2D eigenvalue weighted by Crippen LogP contribution is 2.25. The second-order valence-electron chi connectivity index (χ2n) is 5.98. The summed E-state index contributed by atoms with van der Waals surface area (Å²) in [6, 6.07) is 0. The van der Waals surface area contributed by atoms with Gasteiger partial charge in [-0.25, -0.2) is 9.97 Å². The molecule has 0 spiro atoms. The largest absolute Gasteiger partial charge is 0.383 e. The van der Waals surface area contributed by atoms with E-state index in [2.05, 4.69) is 29.1 Å². The molecule has 1 heterocycles. The number of hydrogen-bond acceptors (Lipinski definition) is 4. The molecule has 19 heavy (non-hydrogen) atoms. The van der Waals surface area contributed by atoms with Gasteiger partial charge < -0.3 is 11.1 Å². The Morgan fingerprint density at radius 3 is 2.53 bits per heavy atom. The van der Waals surface area contributed by atoms with E-state index < -0.39 is 0 Å². The van der Waals surface area contributed by atoms with Crippen molar-refractivity contribution in [2.24, 2.45) is 5.92 Å². The molecule has 2 rings (SSSR count). The lowest BCUT2D eigenvalue weighted by Gasteiger charge is -2.23. The average molecular weight is 262 g/mol. The van der Waals surface area contributed by atoms with Gasteiger partial charge in [0, 0.05) is 18.0 Å². The molecule has 1 fully saturated rings. The highest BCUT2D eigenvalue weighted by atomic mass is 15.1. The zero-order chi connectivity index (χ0) is 13.8. The van der Waals surface area contributed by atoms with Crippen LogP contribution in [0.1, 0.15) is 63.3 Å². The Morgan fingerprint density at radius 2 is 1.89 bits per heavy atom. The fourth-order valence-electron chi connectivity index (χ4n) is 2.61. The molecule has 3 N–H and O–H groups in total. The van der Waals surface area contributed by atoms with Gasteiger partial charge in [-0.1, -0.05) is 33.1 Å². The molecule has 1 aromatic heterocycles. The van der Waals surface area contributed by atoms with Gasteiger partial charge in [0.05, 0.1) is 0 Å². The number of nitrogen functional groups attached to an aromatic ring is 1. The Labute approximate surface area is 116 Å². The lowest BCUT2D eigenvalue weighted by atomic mass is 9.89. The second-order valence-corrected chi connectivity index (χ2v) is 5.98. The molecule has 0 bridgehead atoms. The number of anilines is 2. The van der Waals surface area contributed by atoms with E-state index in [-0.39, 0.29) is 0 Å². The van der Waals surface area contributed by atoms with Crippen LogP contribution in [0.2, 0.25) is 0 Å². The van der Waals surface area contributed by atoms with Crippen molar-refractivity contribution in [1.82, 2.24) is 9.97 Å². The summed E-state index contributed by atoms with van der Waals surface area (Å²) >= 11 is 0. The molecule has 0 unspecified atom stereocenters. The third-order valence-electron chi connectivity index (χ3n) is 4.00. The first-order chi connectivity index (χ1) is 9.08. The van der Waals surface area contributed by atoms with Gasteiger partial charge in [-0.15, -0.1) is 0 Å². The van der Waals surface area contributed by atoms with Crippen LogP contribution in [0, 0.1) is 12.8 Å². The van der Waals surface area contributed by atoms with Crippen molar-refractivity contribution >= 4 is 11.6 Å². The molecular formula is C15H26N4. The number of hydrogen-bond donors (Lipinski definition) is 2. The lowest BCUT2D eigenvalue weighted by Crippen LogP contribution is -2.19. The molecule has 1 aliphatic rings. The summed E-state index contributed by atoms with van der Waals surface area (Å²) in [7, 11) is 0. The van der Waals surface area contributed by atoms with Crippen molar-refractivity contribution in [3.63, 3.8) is 0 Å². The molecule has 4 nitrogen and oxygen atoms in total. The van der Waals surface area contributed by atoms with Gasteiger partial charge in [-0.2, -0.15) is 0 Å². The predicted molar refractivity (Wildman–Crippen MR) is 80.3 cm³/mol. The molecule has 106 valence electrons. The van der Waals surface area contributed by atoms with Crippen molar-refractivity contribution in [3.8, 4) is 0 Å². The van der Waals surface area contributed by atoms with E-state index in [9.17, 15) is 0 Å². The average Bonchev–Trinajstić information content (AvgIpc) is 2.41. The van der Waals surface area contributed by atoms with Gasteiger partial charge in [0.2, 0.25) is 0 Å². The number of nitrogens with zero attached hydrogens (tertiary/aromatic N) is 2. The van der Waals surface area contributed by atoms with Crippen LogP contribution >= 0.6 is 0 Å². The highest BCUT2D eigenvalue weighted by molar-refractivity contribution is 5.54. The van der Waals surface area contributed by atoms with E-state index in [4.69, 9.17) is 5.73 Å². The van der Waals surface area contributed by atoms with Gasteiger partial charge in [-0.3, -0.25) is 0 Å². The quantitative estimate of drug-likeness (QED) is 0.872. The number of nitrogens with two attached hydrogens (primary N) is 1. The van der Waals surface area contributed by atoms with Crippen LogP contribution < -0.4 is 11.1 Å². The van der Waals surface area contributed by atoms with Crippen LogP contribution in [0.25, 0.3) is 0 Å². The summed E-state index contributed by atoms with van der Waals surface area (Å²) in [4.78, 5) is 8.97. The van der Waals surface area contributed by atoms with Crippen LogP contribution in [-0.4, -0.2) is 16.5 Å². The first-order valence-corrected chi connectivity index (χ1v) is 7.45. The lowest BCUT2D eigenvalue weighted by molar-refractivity contribution is 0.373. The van der Waals surface area contributed by atoms with Gasteiger partial charge in [0.1, 0.15) is 17.5 Å². The third kappa shape index (κ3) is 3.58. The molecule has 0 saturated heterocycles. The summed E-state index contributed by atoms with van der Waals surface area (Å²) in [5.74, 6) is 3.44. The van der Waals surface area contributed by atoms with E-state index in [1.165, 1.54) is 32.1 Å². The summed E-state index contributed by atoms with van der Waals surface area (Å²) in [6.45, 7) is 7.18. The first kappa shape index (κ1) is 14.1. The Balaban J connectivity index is 2.05.